The molecule has 0 saturated carbocycles. The zero-order valence-corrected chi connectivity index (χ0v) is 16.8. The summed E-state index contributed by atoms with van der Waals surface area (Å²) >= 11 is 0. The number of urea groups is 1. The number of nitrogens with zero attached hydrogens (tertiary/aromatic N) is 2. The van der Waals surface area contributed by atoms with Crippen LogP contribution < -0.4 is 14.8 Å². The average Bonchev–Trinajstić information content (AvgIpc) is 2.96. The smallest absolute Gasteiger partial charge is 0.346 e. The topological polar surface area (TPSA) is 80.2 Å². The molecule has 3 amide bonds. The first-order valence-electron chi connectivity index (χ1n) is 9.56. The highest BCUT2D eigenvalue weighted by molar-refractivity contribution is 6.07. The monoisotopic (exact) mass is 395 g/mol. The molecule has 152 valence electrons. The van der Waals surface area contributed by atoms with Crippen molar-refractivity contribution >= 4 is 18.2 Å². The van der Waals surface area contributed by atoms with Gasteiger partial charge < -0.3 is 14.8 Å². The van der Waals surface area contributed by atoms with Crippen molar-refractivity contribution in [3.63, 3.8) is 0 Å². The number of benzene rings is 2. The van der Waals surface area contributed by atoms with E-state index in [9.17, 15) is 9.59 Å². The number of nitrogens with one attached hydrogen (secondary N) is 1. The van der Waals surface area contributed by atoms with E-state index in [1.807, 2.05) is 24.3 Å². The molecule has 2 aromatic carbocycles. The molecule has 1 atom stereocenters. The van der Waals surface area contributed by atoms with Crippen molar-refractivity contribution in [2.75, 3.05) is 13.7 Å². The molecule has 1 N–H and O–H groups in total. The van der Waals surface area contributed by atoms with Gasteiger partial charge in [0.2, 0.25) is 0 Å². The van der Waals surface area contributed by atoms with Gasteiger partial charge in [-0.05, 0) is 60.9 Å². The molecule has 7 heteroatoms. The van der Waals surface area contributed by atoms with Gasteiger partial charge in [0.05, 0.1) is 19.9 Å². The van der Waals surface area contributed by atoms with E-state index >= 15 is 0 Å². The third-order valence-electron chi connectivity index (χ3n) is 4.81. The lowest BCUT2D eigenvalue weighted by Gasteiger charge is -2.21. The van der Waals surface area contributed by atoms with Crippen LogP contribution >= 0.6 is 0 Å². The Morgan fingerprint density at radius 1 is 1.07 bits per heavy atom. The third kappa shape index (κ3) is 4.39. The van der Waals surface area contributed by atoms with Gasteiger partial charge in [0.25, 0.3) is 5.91 Å². The minimum Gasteiger partial charge on any atom is -0.497 e. The van der Waals surface area contributed by atoms with Crippen molar-refractivity contribution in [1.82, 2.24) is 10.3 Å². The molecular weight excluding hydrogens is 370 g/mol. The first-order valence-corrected chi connectivity index (χ1v) is 9.56. The predicted octanol–water partition coefficient (Wildman–Crippen LogP) is 3.68. The summed E-state index contributed by atoms with van der Waals surface area (Å²) < 4.78 is 10.8. The highest BCUT2D eigenvalue weighted by Crippen LogP contribution is 2.30. The molecule has 0 aromatic heterocycles. The normalized spacial score (nSPS) is 18.9. The summed E-state index contributed by atoms with van der Waals surface area (Å²) in [4.78, 5) is 25.2. The van der Waals surface area contributed by atoms with Gasteiger partial charge in [-0.3, -0.25) is 4.79 Å². The van der Waals surface area contributed by atoms with Crippen molar-refractivity contribution < 1.29 is 19.1 Å². The summed E-state index contributed by atoms with van der Waals surface area (Å²) in [6.07, 6.45) is 3.56. The number of imide groups is 1. The van der Waals surface area contributed by atoms with Gasteiger partial charge in [-0.1, -0.05) is 25.5 Å². The second-order valence-corrected chi connectivity index (χ2v) is 6.92. The summed E-state index contributed by atoms with van der Waals surface area (Å²) in [6.45, 7) is 4.45. The van der Waals surface area contributed by atoms with Crippen LogP contribution in [0.1, 0.15) is 37.8 Å². The SMILES string of the molecule is CCCCOc1ccc(/C=N\N2C(=O)N[C@](C)(c3ccc(OC)cc3)C2=O)cc1. The maximum absolute atomic E-state index is 12.9. The van der Waals surface area contributed by atoms with E-state index in [0.29, 0.717) is 17.9 Å². The van der Waals surface area contributed by atoms with Crippen LogP contribution in [0, 0.1) is 0 Å². The molecular formula is C22H25N3O4. The van der Waals surface area contributed by atoms with Gasteiger partial charge in [-0.25, -0.2) is 4.79 Å². The fraction of sp³-hybridized carbons (Fsp3) is 0.318. The van der Waals surface area contributed by atoms with E-state index in [1.165, 1.54) is 6.21 Å². The number of hydrogen-bond acceptors (Lipinski definition) is 5. The van der Waals surface area contributed by atoms with Crippen LogP contribution in [-0.4, -0.2) is 36.9 Å². The Morgan fingerprint density at radius 3 is 2.34 bits per heavy atom. The van der Waals surface area contributed by atoms with Crippen molar-refractivity contribution in [1.29, 1.82) is 0 Å². The summed E-state index contributed by atoms with van der Waals surface area (Å²) in [7, 11) is 1.57. The Morgan fingerprint density at radius 2 is 1.72 bits per heavy atom. The summed E-state index contributed by atoms with van der Waals surface area (Å²) in [5.41, 5.74) is 0.229. The number of ether oxygens (including phenoxy) is 2. The van der Waals surface area contributed by atoms with Crippen molar-refractivity contribution in [3.8, 4) is 11.5 Å². The van der Waals surface area contributed by atoms with Gasteiger partial charge in [0, 0.05) is 0 Å². The van der Waals surface area contributed by atoms with E-state index in [0.717, 1.165) is 29.2 Å². The highest BCUT2D eigenvalue weighted by atomic mass is 16.5. The van der Waals surface area contributed by atoms with Crippen LogP contribution in [0.2, 0.25) is 0 Å². The van der Waals surface area contributed by atoms with Crippen LogP contribution in [0.25, 0.3) is 0 Å². The number of carbonyl (C=O) groups is 2. The molecule has 29 heavy (non-hydrogen) atoms. The van der Waals surface area contributed by atoms with Crippen LogP contribution in [0.15, 0.2) is 53.6 Å². The zero-order chi connectivity index (χ0) is 20.9. The minimum atomic E-state index is -1.18. The van der Waals surface area contributed by atoms with Crippen molar-refractivity contribution in [2.45, 2.75) is 32.2 Å². The van der Waals surface area contributed by atoms with Gasteiger partial charge >= 0.3 is 6.03 Å². The van der Waals surface area contributed by atoms with Gasteiger partial charge in [0.1, 0.15) is 17.0 Å². The number of hydrogen-bond donors (Lipinski definition) is 1. The van der Waals surface area contributed by atoms with Crippen molar-refractivity contribution in [2.24, 2.45) is 5.10 Å². The number of rotatable bonds is 8. The Kier molecular flexibility index (Phi) is 6.16. The first kappa shape index (κ1) is 20.4. The van der Waals surface area contributed by atoms with E-state index < -0.39 is 17.5 Å². The van der Waals surface area contributed by atoms with E-state index in [-0.39, 0.29) is 0 Å². The molecule has 0 unspecified atom stereocenters. The Balaban J connectivity index is 1.71. The number of methoxy groups -OCH3 is 1. The lowest BCUT2D eigenvalue weighted by molar-refractivity contribution is -0.131. The van der Waals surface area contributed by atoms with Crippen LogP contribution in [0.4, 0.5) is 4.79 Å². The fourth-order valence-electron chi connectivity index (χ4n) is 2.96. The van der Waals surface area contributed by atoms with E-state index in [2.05, 4.69) is 17.3 Å². The van der Waals surface area contributed by atoms with Gasteiger partial charge in [-0.2, -0.15) is 5.10 Å². The largest absolute Gasteiger partial charge is 0.497 e. The van der Waals surface area contributed by atoms with Crippen LogP contribution in [0.5, 0.6) is 11.5 Å². The average molecular weight is 395 g/mol. The zero-order valence-electron chi connectivity index (χ0n) is 16.8. The molecule has 0 bridgehead atoms. The van der Waals surface area contributed by atoms with Crippen LogP contribution in [0.3, 0.4) is 0 Å². The second-order valence-electron chi connectivity index (χ2n) is 6.92. The molecule has 7 nitrogen and oxygen atoms in total. The maximum Gasteiger partial charge on any atom is 0.346 e. The quantitative estimate of drug-likeness (QED) is 0.420. The standard InChI is InChI=1S/C22H25N3O4/c1-4-5-14-29-19-10-6-16(7-11-19)15-23-25-20(26)22(2,24-21(25)27)17-8-12-18(28-3)13-9-17/h6-13,15H,4-5,14H2,1-3H3,(H,24,27)/b23-15-/t22-/m1/s1. The molecule has 1 heterocycles. The lowest BCUT2D eigenvalue weighted by Crippen LogP contribution is -2.40. The fourth-order valence-corrected chi connectivity index (χ4v) is 2.96. The number of carbonyl (C=O) groups excluding carboxylic acids is 2. The Hall–Kier alpha value is -3.35. The second kappa shape index (κ2) is 8.77. The minimum absolute atomic E-state index is 0.441. The summed E-state index contributed by atoms with van der Waals surface area (Å²) in [6, 6.07) is 13.8. The number of hydrazone groups is 1. The first-order chi connectivity index (χ1) is 14.0. The molecule has 1 aliphatic rings. The molecule has 0 spiro atoms. The van der Waals surface area contributed by atoms with Gasteiger partial charge in [0.15, 0.2) is 0 Å². The predicted molar refractivity (Wildman–Crippen MR) is 110 cm³/mol. The molecule has 2 aromatic rings. The molecule has 1 aliphatic heterocycles. The third-order valence-corrected chi connectivity index (χ3v) is 4.81. The number of amides is 3. The maximum atomic E-state index is 12.9. The summed E-state index contributed by atoms with van der Waals surface area (Å²) in [5.74, 6) is 1.01. The molecule has 3 rings (SSSR count). The Bertz CT molecular complexity index is 893. The van der Waals surface area contributed by atoms with Crippen molar-refractivity contribution in [3.05, 3.63) is 59.7 Å². The van der Waals surface area contributed by atoms with Crippen LogP contribution in [-0.2, 0) is 10.3 Å². The molecule has 1 saturated heterocycles. The molecule has 1 fully saturated rings. The highest BCUT2D eigenvalue weighted by Gasteiger charge is 2.49. The van der Waals surface area contributed by atoms with E-state index in [1.54, 1.807) is 38.3 Å². The summed E-state index contributed by atoms with van der Waals surface area (Å²) in [5, 5.41) is 7.67. The van der Waals surface area contributed by atoms with Gasteiger partial charge in [-0.15, -0.1) is 5.01 Å². The Labute approximate surface area is 170 Å². The number of unbranched alkanes of at least 4 members (excludes halogenated alkanes) is 1. The lowest BCUT2D eigenvalue weighted by atomic mass is 9.92. The molecule has 0 aliphatic carbocycles. The molecule has 0 radical (unpaired) electrons. The van der Waals surface area contributed by atoms with E-state index in [4.69, 9.17) is 9.47 Å².